The Morgan fingerprint density at radius 1 is 1.36 bits per heavy atom. The van der Waals surface area contributed by atoms with E-state index in [-0.39, 0.29) is 11.4 Å². The molecule has 0 bridgehead atoms. The lowest BCUT2D eigenvalue weighted by Crippen LogP contribution is -2.20. The summed E-state index contributed by atoms with van der Waals surface area (Å²) in [6.07, 6.45) is 2.63. The van der Waals surface area contributed by atoms with Crippen molar-refractivity contribution < 1.29 is 9.72 Å². The number of nitrogens with one attached hydrogen (secondary N) is 1. The highest BCUT2D eigenvalue weighted by Gasteiger charge is 2.25. The Morgan fingerprint density at radius 2 is 2.07 bits per heavy atom. The predicted octanol–water partition coefficient (Wildman–Crippen LogP) is 2.41. The lowest BCUT2D eigenvalue weighted by atomic mass is 10.2. The molecular formula is C17H16BrN7O3. The third-order valence-corrected chi connectivity index (χ3v) is 4.34. The van der Waals surface area contributed by atoms with Gasteiger partial charge in [0.25, 0.3) is 5.91 Å². The summed E-state index contributed by atoms with van der Waals surface area (Å²) in [6.45, 7) is 2.12. The molecular weight excluding hydrogens is 430 g/mol. The Balaban J connectivity index is 1.76. The topological polar surface area (TPSA) is 120 Å². The summed E-state index contributed by atoms with van der Waals surface area (Å²) in [4.78, 5) is 23.0. The van der Waals surface area contributed by atoms with Crippen LogP contribution in [0.1, 0.15) is 27.4 Å². The highest BCUT2D eigenvalue weighted by atomic mass is 79.9. The maximum atomic E-state index is 12.3. The third-order valence-electron chi connectivity index (χ3n) is 3.81. The number of halogens is 1. The first kappa shape index (κ1) is 19.4. The zero-order valence-electron chi connectivity index (χ0n) is 15.0. The minimum absolute atomic E-state index is 0.291. The van der Waals surface area contributed by atoms with E-state index in [0.29, 0.717) is 12.2 Å². The van der Waals surface area contributed by atoms with Crippen LogP contribution in [-0.4, -0.2) is 36.6 Å². The van der Waals surface area contributed by atoms with Gasteiger partial charge in [0.2, 0.25) is 5.69 Å². The summed E-state index contributed by atoms with van der Waals surface area (Å²) in [5.41, 5.74) is 3.94. The molecule has 0 aliphatic rings. The molecule has 11 heteroatoms. The fourth-order valence-corrected chi connectivity index (χ4v) is 2.79. The van der Waals surface area contributed by atoms with Gasteiger partial charge in [-0.15, -0.1) is 0 Å². The Hall–Kier alpha value is -3.34. The molecule has 0 radical (unpaired) electrons. The number of benzene rings is 1. The van der Waals surface area contributed by atoms with Crippen molar-refractivity contribution in [3.05, 3.63) is 73.8 Å². The summed E-state index contributed by atoms with van der Waals surface area (Å²) < 4.78 is 3.87. The molecule has 1 N–H and O–H groups in total. The first-order chi connectivity index (χ1) is 13.3. The molecule has 0 aliphatic heterocycles. The fraction of sp³-hybridized carbons (Fsp3) is 0.176. The number of nitro groups is 1. The monoisotopic (exact) mass is 445 g/mol. The van der Waals surface area contributed by atoms with Gasteiger partial charge in [0.1, 0.15) is 6.20 Å². The predicted molar refractivity (Wildman–Crippen MR) is 105 cm³/mol. The molecule has 2 aromatic heterocycles. The Morgan fingerprint density at radius 3 is 2.68 bits per heavy atom. The molecule has 0 unspecified atom stereocenters. The largest absolute Gasteiger partial charge is 0.320 e. The van der Waals surface area contributed by atoms with Crippen LogP contribution in [0.2, 0.25) is 0 Å². The number of carbonyl (C=O) groups excluding carboxylic acids is 1. The second-order valence-corrected chi connectivity index (χ2v) is 6.89. The number of hydrazone groups is 1. The number of nitrogens with zero attached hydrogens (tertiary/aromatic N) is 6. The molecule has 0 atom stereocenters. The standard InChI is InChI=1S/C17H16BrN7O3/c1-11-7-14(23(2)21-11)8-19-20-17(26)16-15(25(27)28)10-24(22-16)9-12-3-5-13(18)6-4-12/h3-8,10H,9H2,1-2H3,(H,20,26)/b19-8-. The normalized spacial score (nSPS) is 11.1. The van der Waals surface area contributed by atoms with Gasteiger partial charge < -0.3 is 0 Å². The zero-order chi connectivity index (χ0) is 20.3. The van der Waals surface area contributed by atoms with Crippen LogP contribution in [-0.2, 0) is 13.6 Å². The molecule has 0 saturated carbocycles. The molecule has 144 valence electrons. The zero-order valence-corrected chi connectivity index (χ0v) is 16.6. The van der Waals surface area contributed by atoms with Crippen LogP contribution in [0.5, 0.6) is 0 Å². The molecule has 1 amide bonds. The van der Waals surface area contributed by atoms with Crippen LogP contribution in [0.4, 0.5) is 5.69 Å². The lowest BCUT2D eigenvalue weighted by Gasteiger charge is -2.01. The average molecular weight is 446 g/mol. The van der Waals surface area contributed by atoms with Crippen LogP contribution in [0, 0.1) is 17.0 Å². The Labute approximate surface area is 168 Å². The van der Waals surface area contributed by atoms with Crippen molar-refractivity contribution in [2.75, 3.05) is 0 Å². The molecule has 1 aromatic carbocycles. The Bertz CT molecular complexity index is 1050. The molecule has 0 spiro atoms. The van der Waals surface area contributed by atoms with E-state index in [1.807, 2.05) is 31.2 Å². The van der Waals surface area contributed by atoms with E-state index >= 15 is 0 Å². The summed E-state index contributed by atoms with van der Waals surface area (Å²) in [5, 5.41) is 23.3. The number of aryl methyl sites for hydroxylation is 2. The van der Waals surface area contributed by atoms with E-state index in [4.69, 9.17) is 0 Å². The van der Waals surface area contributed by atoms with E-state index in [1.54, 1.807) is 17.8 Å². The molecule has 10 nitrogen and oxygen atoms in total. The van der Waals surface area contributed by atoms with Crippen LogP contribution in [0.15, 0.2) is 46.1 Å². The van der Waals surface area contributed by atoms with Gasteiger partial charge in [-0.2, -0.15) is 15.3 Å². The summed E-state index contributed by atoms with van der Waals surface area (Å²) in [5.74, 6) is -0.767. The fourth-order valence-electron chi connectivity index (χ4n) is 2.53. The Kier molecular flexibility index (Phi) is 5.64. The van der Waals surface area contributed by atoms with Crippen LogP contribution in [0.3, 0.4) is 0 Å². The molecule has 0 aliphatic carbocycles. The summed E-state index contributed by atoms with van der Waals surface area (Å²) in [6, 6.07) is 9.21. The van der Waals surface area contributed by atoms with Gasteiger partial charge in [-0.05, 0) is 30.7 Å². The highest BCUT2D eigenvalue weighted by molar-refractivity contribution is 9.10. The van der Waals surface area contributed by atoms with Crippen LogP contribution in [0.25, 0.3) is 0 Å². The third kappa shape index (κ3) is 4.49. The number of hydrogen-bond acceptors (Lipinski definition) is 6. The lowest BCUT2D eigenvalue weighted by molar-refractivity contribution is -0.385. The van der Waals surface area contributed by atoms with Crippen molar-refractivity contribution in [2.45, 2.75) is 13.5 Å². The first-order valence-corrected chi connectivity index (χ1v) is 8.93. The number of amides is 1. The summed E-state index contributed by atoms with van der Waals surface area (Å²) >= 11 is 3.35. The van der Waals surface area contributed by atoms with Crippen molar-refractivity contribution in [1.82, 2.24) is 25.0 Å². The van der Waals surface area contributed by atoms with Gasteiger partial charge >= 0.3 is 5.69 Å². The maximum absolute atomic E-state index is 12.3. The van der Waals surface area contributed by atoms with E-state index in [2.05, 4.69) is 36.7 Å². The molecule has 2 heterocycles. The number of carbonyl (C=O) groups is 1. The van der Waals surface area contributed by atoms with Crippen molar-refractivity contribution in [2.24, 2.45) is 12.1 Å². The molecule has 0 saturated heterocycles. The van der Waals surface area contributed by atoms with Crippen LogP contribution >= 0.6 is 15.9 Å². The van der Waals surface area contributed by atoms with Crippen molar-refractivity contribution in [3.8, 4) is 0 Å². The second kappa shape index (κ2) is 8.13. The number of hydrogen-bond donors (Lipinski definition) is 1. The van der Waals surface area contributed by atoms with Gasteiger partial charge in [0.05, 0.1) is 29.1 Å². The van der Waals surface area contributed by atoms with Gasteiger partial charge in [-0.1, -0.05) is 28.1 Å². The van der Waals surface area contributed by atoms with Gasteiger partial charge in [-0.3, -0.25) is 24.3 Å². The van der Waals surface area contributed by atoms with Gasteiger partial charge in [0.15, 0.2) is 0 Å². The molecule has 0 fully saturated rings. The minimum Gasteiger partial charge on any atom is -0.267 e. The second-order valence-electron chi connectivity index (χ2n) is 5.98. The van der Waals surface area contributed by atoms with Crippen molar-refractivity contribution in [1.29, 1.82) is 0 Å². The van der Waals surface area contributed by atoms with Gasteiger partial charge in [0, 0.05) is 11.5 Å². The van der Waals surface area contributed by atoms with E-state index in [0.717, 1.165) is 15.7 Å². The molecule has 3 aromatic rings. The molecule has 28 heavy (non-hydrogen) atoms. The van der Waals surface area contributed by atoms with Crippen molar-refractivity contribution >= 4 is 33.7 Å². The number of aromatic nitrogens is 4. The summed E-state index contributed by atoms with van der Waals surface area (Å²) in [7, 11) is 1.74. The van der Waals surface area contributed by atoms with E-state index in [1.165, 1.54) is 17.1 Å². The first-order valence-electron chi connectivity index (χ1n) is 8.14. The SMILES string of the molecule is Cc1cc(/C=N\NC(=O)c2nn(Cc3ccc(Br)cc3)cc2[N+](=O)[O-])n(C)n1. The van der Waals surface area contributed by atoms with E-state index in [9.17, 15) is 14.9 Å². The minimum atomic E-state index is -0.767. The van der Waals surface area contributed by atoms with E-state index < -0.39 is 10.8 Å². The highest BCUT2D eigenvalue weighted by Crippen LogP contribution is 2.18. The smallest absolute Gasteiger partial charge is 0.267 e. The average Bonchev–Trinajstić information content (AvgIpc) is 3.20. The molecule has 3 rings (SSSR count). The maximum Gasteiger partial charge on any atom is 0.320 e. The number of rotatable bonds is 6. The van der Waals surface area contributed by atoms with Gasteiger partial charge in [-0.25, -0.2) is 5.43 Å². The van der Waals surface area contributed by atoms with Crippen molar-refractivity contribution in [3.63, 3.8) is 0 Å². The van der Waals surface area contributed by atoms with Crippen LogP contribution < -0.4 is 5.43 Å². The quantitative estimate of drug-likeness (QED) is 0.354.